The lowest BCUT2D eigenvalue weighted by Gasteiger charge is -2.13. The van der Waals surface area contributed by atoms with E-state index in [-0.39, 0.29) is 5.82 Å². The van der Waals surface area contributed by atoms with E-state index in [9.17, 15) is 4.39 Å². The molecular weight excluding hydrogens is 307 g/mol. The van der Waals surface area contributed by atoms with Crippen molar-refractivity contribution in [2.24, 2.45) is 5.73 Å². The Morgan fingerprint density at radius 3 is 2.71 bits per heavy atom. The molecule has 0 bridgehead atoms. The fraction of sp³-hybridized carbons (Fsp3) is 0.0833. The molecule has 0 saturated carbocycles. The van der Waals surface area contributed by atoms with Crippen LogP contribution in [0.15, 0.2) is 41.0 Å². The molecule has 2 nitrogen and oxygen atoms in total. The number of nitrogens with zero attached hydrogens (tertiary/aromatic N) is 1. The Morgan fingerprint density at radius 1 is 1.29 bits per heavy atom. The molecule has 0 fully saturated rings. The van der Waals surface area contributed by atoms with Crippen LogP contribution < -0.4 is 5.73 Å². The first kappa shape index (κ1) is 12.5. The van der Waals surface area contributed by atoms with Crippen molar-refractivity contribution in [1.82, 2.24) is 4.98 Å². The maximum absolute atomic E-state index is 13.8. The van der Waals surface area contributed by atoms with Gasteiger partial charge in [0.1, 0.15) is 5.82 Å². The molecule has 88 valence electrons. The van der Waals surface area contributed by atoms with Gasteiger partial charge in [-0.05, 0) is 34.1 Å². The second kappa shape index (κ2) is 5.12. The van der Waals surface area contributed by atoms with E-state index in [0.717, 1.165) is 0 Å². The topological polar surface area (TPSA) is 38.9 Å². The Kier molecular flexibility index (Phi) is 3.76. The number of benzene rings is 1. The van der Waals surface area contributed by atoms with Gasteiger partial charge in [0.05, 0.1) is 21.2 Å². The Labute approximate surface area is 112 Å². The van der Waals surface area contributed by atoms with E-state index in [1.54, 1.807) is 30.3 Å². The van der Waals surface area contributed by atoms with Crippen molar-refractivity contribution < 1.29 is 4.39 Å². The van der Waals surface area contributed by atoms with Crippen LogP contribution in [0, 0.1) is 5.82 Å². The molecule has 5 heteroatoms. The molecule has 2 N–H and O–H groups in total. The van der Waals surface area contributed by atoms with Crippen molar-refractivity contribution in [3.05, 3.63) is 63.1 Å². The monoisotopic (exact) mass is 314 g/mol. The molecule has 2 rings (SSSR count). The highest BCUT2D eigenvalue weighted by Crippen LogP contribution is 2.26. The summed E-state index contributed by atoms with van der Waals surface area (Å²) in [5, 5.41) is 0.524. The zero-order valence-corrected chi connectivity index (χ0v) is 11.0. The van der Waals surface area contributed by atoms with E-state index in [4.69, 9.17) is 17.3 Å². The van der Waals surface area contributed by atoms with Crippen molar-refractivity contribution in [1.29, 1.82) is 0 Å². The smallest absolute Gasteiger partial charge is 0.142 e. The number of pyridine rings is 1. The SMILES string of the molecule is NC(c1ccc(Cl)cn1)c1cccc(Br)c1F. The van der Waals surface area contributed by atoms with Crippen LogP contribution in [0.25, 0.3) is 0 Å². The second-order valence-corrected chi connectivity index (χ2v) is 4.81. The van der Waals surface area contributed by atoms with E-state index in [0.29, 0.717) is 20.8 Å². The lowest BCUT2D eigenvalue weighted by molar-refractivity contribution is 0.591. The highest BCUT2D eigenvalue weighted by Gasteiger charge is 2.16. The van der Waals surface area contributed by atoms with Gasteiger partial charge in [0, 0.05) is 11.8 Å². The Balaban J connectivity index is 2.40. The van der Waals surface area contributed by atoms with Crippen molar-refractivity contribution in [2.75, 3.05) is 0 Å². The first-order valence-electron chi connectivity index (χ1n) is 4.90. The third-order valence-corrected chi connectivity index (χ3v) is 3.22. The number of halogens is 3. The molecule has 0 saturated heterocycles. The number of hydrogen-bond donors (Lipinski definition) is 1. The van der Waals surface area contributed by atoms with Gasteiger partial charge in [-0.15, -0.1) is 0 Å². The molecule has 2 aromatic rings. The molecule has 0 spiro atoms. The lowest BCUT2D eigenvalue weighted by atomic mass is 10.0. The molecule has 0 radical (unpaired) electrons. The molecule has 0 aliphatic heterocycles. The molecule has 0 aliphatic carbocycles. The fourth-order valence-corrected chi connectivity index (χ4v) is 1.98. The van der Waals surface area contributed by atoms with Crippen LogP contribution in [0.1, 0.15) is 17.3 Å². The summed E-state index contributed by atoms with van der Waals surface area (Å²) in [5.74, 6) is -0.364. The minimum atomic E-state index is -0.607. The summed E-state index contributed by atoms with van der Waals surface area (Å²) in [5.41, 5.74) is 6.94. The highest BCUT2D eigenvalue weighted by molar-refractivity contribution is 9.10. The lowest BCUT2D eigenvalue weighted by Crippen LogP contribution is -2.15. The number of aromatic nitrogens is 1. The summed E-state index contributed by atoms with van der Waals surface area (Å²) in [6.07, 6.45) is 1.49. The largest absolute Gasteiger partial charge is 0.319 e. The summed E-state index contributed by atoms with van der Waals surface area (Å²) >= 11 is 8.86. The van der Waals surface area contributed by atoms with Crippen LogP contribution in [0.3, 0.4) is 0 Å². The van der Waals surface area contributed by atoms with Gasteiger partial charge < -0.3 is 5.73 Å². The quantitative estimate of drug-likeness (QED) is 0.918. The van der Waals surface area contributed by atoms with Crippen LogP contribution in [0.5, 0.6) is 0 Å². The van der Waals surface area contributed by atoms with E-state index < -0.39 is 6.04 Å². The average molecular weight is 316 g/mol. The Hall–Kier alpha value is -0.970. The zero-order valence-electron chi connectivity index (χ0n) is 8.70. The second-order valence-electron chi connectivity index (χ2n) is 3.52. The summed E-state index contributed by atoms with van der Waals surface area (Å²) in [7, 11) is 0. The first-order valence-corrected chi connectivity index (χ1v) is 6.07. The summed E-state index contributed by atoms with van der Waals surface area (Å²) in [4.78, 5) is 4.09. The minimum absolute atomic E-state index is 0.364. The van der Waals surface area contributed by atoms with E-state index in [1.165, 1.54) is 6.20 Å². The molecule has 17 heavy (non-hydrogen) atoms. The van der Waals surface area contributed by atoms with E-state index in [2.05, 4.69) is 20.9 Å². The predicted octanol–water partition coefficient (Wildman–Crippen LogP) is 3.68. The molecule has 0 amide bonds. The molecule has 1 heterocycles. The van der Waals surface area contributed by atoms with Crippen molar-refractivity contribution in [2.45, 2.75) is 6.04 Å². The summed E-state index contributed by atoms with van der Waals surface area (Å²) < 4.78 is 14.2. The first-order chi connectivity index (χ1) is 8.09. The van der Waals surface area contributed by atoms with Gasteiger partial charge in [0.15, 0.2) is 0 Å². The van der Waals surface area contributed by atoms with Gasteiger partial charge in [-0.1, -0.05) is 23.7 Å². The molecule has 1 unspecified atom stereocenters. The average Bonchev–Trinajstić information content (AvgIpc) is 2.33. The van der Waals surface area contributed by atoms with Gasteiger partial charge in [-0.2, -0.15) is 0 Å². The molecule has 0 aliphatic rings. The van der Waals surface area contributed by atoms with Crippen molar-refractivity contribution >= 4 is 27.5 Å². The van der Waals surface area contributed by atoms with Gasteiger partial charge in [-0.25, -0.2) is 4.39 Å². The van der Waals surface area contributed by atoms with E-state index in [1.807, 2.05) is 0 Å². The Morgan fingerprint density at radius 2 is 2.06 bits per heavy atom. The van der Waals surface area contributed by atoms with Gasteiger partial charge >= 0.3 is 0 Å². The van der Waals surface area contributed by atoms with Crippen LogP contribution in [-0.2, 0) is 0 Å². The van der Waals surface area contributed by atoms with Gasteiger partial charge in [0.25, 0.3) is 0 Å². The van der Waals surface area contributed by atoms with Crippen molar-refractivity contribution in [3.63, 3.8) is 0 Å². The number of rotatable bonds is 2. The molecular formula is C12H9BrClFN2. The zero-order chi connectivity index (χ0) is 12.4. The van der Waals surface area contributed by atoms with Crippen LogP contribution in [0.4, 0.5) is 4.39 Å². The third kappa shape index (κ3) is 2.65. The van der Waals surface area contributed by atoms with Crippen LogP contribution in [-0.4, -0.2) is 4.98 Å². The minimum Gasteiger partial charge on any atom is -0.319 e. The standard InChI is InChI=1S/C12H9BrClFN2/c13-9-3-1-2-8(11(9)15)12(16)10-5-4-7(14)6-17-10/h1-6,12H,16H2. The maximum atomic E-state index is 13.8. The summed E-state index contributed by atoms with van der Waals surface area (Å²) in [6, 6.07) is 7.76. The van der Waals surface area contributed by atoms with Crippen LogP contribution >= 0.6 is 27.5 Å². The highest BCUT2D eigenvalue weighted by atomic mass is 79.9. The molecule has 1 aromatic heterocycles. The summed E-state index contributed by atoms with van der Waals surface area (Å²) in [6.45, 7) is 0. The molecule has 1 atom stereocenters. The van der Waals surface area contributed by atoms with Gasteiger partial charge in [0.2, 0.25) is 0 Å². The van der Waals surface area contributed by atoms with Crippen molar-refractivity contribution in [3.8, 4) is 0 Å². The van der Waals surface area contributed by atoms with Gasteiger partial charge in [-0.3, -0.25) is 4.98 Å². The normalized spacial score (nSPS) is 12.5. The third-order valence-electron chi connectivity index (χ3n) is 2.39. The maximum Gasteiger partial charge on any atom is 0.142 e. The fourth-order valence-electron chi connectivity index (χ4n) is 1.49. The molecule has 1 aromatic carbocycles. The number of hydrogen-bond acceptors (Lipinski definition) is 2. The number of nitrogens with two attached hydrogens (primary N) is 1. The van der Waals surface area contributed by atoms with Crippen LogP contribution in [0.2, 0.25) is 5.02 Å². The predicted molar refractivity (Wildman–Crippen MR) is 69.4 cm³/mol. The van der Waals surface area contributed by atoms with E-state index >= 15 is 0 Å². The Bertz CT molecular complexity index is 531.